The lowest BCUT2D eigenvalue weighted by molar-refractivity contribution is 0.210. The molecule has 1 fully saturated rings. The van der Waals surface area contributed by atoms with Crippen molar-refractivity contribution in [3.8, 4) is 5.75 Å². The van der Waals surface area contributed by atoms with E-state index in [9.17, 15) is 8.42 Å². The number of nitrogens with zero attached hydrogens (tertiary/aromatic N) is 1. The van der Waals surface area contributed by atoms with Gasteiger partial charge >= 0.3 is 0 Å². The maximum atomic E-state index is 13.0. The van der Waals surface area contributed by atoms with Gasteiger partial charge in [0.15, 0.2) is 0 Å². The number of hydrogen-bond donors (Lipinski definition) is 0. The molecule has 0 amide bonds. The van der Waals surface area contributed by atoms with Gasteiger partial charge in [-0.15, -0.1) is 0 Å². The molecule has 27 heavy (non-hydrogen) atoms. The van der Waals surface area contributed by atoms with Crippen molar-refractivity contribution in [3.63, 3.8) is 0 Å². The minimum atomic E-state index is -3.63. The Hall–Kier alpha value is -2.53. The fraction of sp³-hybridized carbons (Fsp3) is 0.273. The van der Waals surface area contributed by atoms with Gasteiger partial charge in [-0.2, -0.15) is 0 Å². The van der Waals surface area contributed by atoms with E-state index >= 15 is 0 Å². The second kappa shape index (κ2) is 7.24. The highest BCUT2D eigenvalue weighted by Gasteiger charge is 2.22. The zero-order valence-electron chi connectivity index (χ0n) is 15.3. The molecule has 0 unspecified atom stereocenters. The van der Waals surface area contributed by atoms with Crippen LogP contribution in [0.3, 0.4) is 0 Å². The van der Waals surface area contributed by atoms with Crippen molar-refractivity contribution in [2.24, 2.45) is 0 Å². The maximum Gasteiger partial charge on any atom is 0.264 e. The van der Waals surface area contributed by atoms with Crippen molar-refractivity contribution >= 4 is 26.5 Å². The van der Waals surface area contributed by atoms with Crippen LogP contribution in [0.25, 0.3) is 10.8 Å². The van der Waals surface area contributed by atoms with Gasteiger partial charge < -0.3 is 4.74 Å². The first-order valence-corrected chi connectivity index (χ1v) is 10.7. The topological polar surface area (TPSA) is 46.6 Å². The second-order valence-corrected chi connectivity index (χ2v) is 8.97. The molecule has 0 saturated heterocycles. The predicted molar refractivity (Wildman–Crippen MR) is 109 cm³/mol. The molecule has 4 rings (SSSR count). The van der Waals surface area contributed by atoms with Crippen LogP contribution < -0.4 is 9.04 Å². The Kier molecular flexibility index (Phi) is 4.79. The number of sulfonamides is 1. The Morgan fingerprint density at radius 1 is 0.889 bits per heavy atom. The maximum absolute atomic E-state index is 13.0. The summed E-state index contributed by atoms with van der Waals surface area (Å²) >= 11 is 0. The largest absolute Gasteiger partial charge is 0.490 e. The fourth-order valence-electron chi connectivity index (χ4n) is 3.56. The standard InChI is InChI=1S/C22H23NO3S/c1-23(19-11-13-21(14-12-19)26-20-8-4-5-9-20)27(24,25)22-15-10-17-6-2-3-7-18(17)16-22/h2-3,6-7,10-16,20H,4-5,8-9H2,1H3. The van der Waals surface area contributed by atoms with E-state index in [1.54, 1.807) is 31.3 Å². The smallest absolute Gasteiger partial charge is 0.264 e. The van der Waals surface area contributed by atoms with Gasteiger partial charge in [-0.3, -0.25) is 4.31 Å². The SMILES string of the molecule is CN(c1ccc(OC2CCCC2)cc1)S(=O)(=O)c1ccc2ccccc2c1. The molecule has 5 heteroatoms. The molecule has 0 aromatic heterocycles. The van der Waals surface area contributed by atoms with Crippen molar-refractivity contribution in [1.29, 1.82) is 0 Å². The Bertz CT molecular complexity index is 1040. The van der Waals surface area contributed by atoms with Gasteiger partial charge in [-0.05, 0) is 72.9 Å². The lowest BCUT2D eigenvalue weighted by Gasteiger charge is -2.20. The fourth-order valence-corrected chi connectivity index (χ4v) is 4.79. The van der Waals surface area contributed by atoms with Gasteiger partial charge in [0.25, 0.3) is 10.0 Å². The summed E-state index contributed by atoms with van der Waals surface area (Å²) in [6.45, 7) is 0. The average molecular weight is 381 g/mol. The van der Waals surface area contributed by atoms with Crippen molar-refractivity contribution < 1.29 is 13.2 Å². The van der Waals surface area contributed by atoms with Gasteiger partial charge in [-0.25, -0.2) is 8.42 Å². The van der Waals surface area contributed by atoms with Gasteiger partial charge in [0.05, 0.1) is 16.7 Å². The molecule has 4 nitrogen and oxygen atoms in total. The van der Waals surface area contributed by atoms with Gasteiger partial charge in [-0.1, -0.05) is 30.3 Å². The van der Waals surface area contributed by atoms with Gasteiger partial charge in [0.1, 0.15) is 5.75 Å². The van der Waals surface area contributed by atoms with Crippen LogP contribution >= 0.6 is 0 Å². The summed E-state index contributed by atoms with van der Waals surface area (Å²) in [6.07, 6.45) is 4.91. The number of hydrogen-bond acceptors (Lipinski definition) is 3. The third kappa shape index (κ3) is 3.65. The summed E-state index contributed by atoms with van der Waals surface area (Å²) in [6, 6.07) is 20.2. The van der Waals surface area contributed by atoms with Crippen LogP contribution in [0.2, 0.25) is 0 Å². The molecule has 0 spiro atoms. The molecule has 3 aromatic rings. The molecule has 0 atom stereocenters. The van der Waals surface area contributed by atoms with E-state index in [0.29, 0.717) is 5.69 Å². The summed E-state index contributed by atoms with van der Waals surface area (Å²) in [5.41, 5.74) is 0.613. The molecule has 0 heterocycles. The molecule has 3 aromatic carbocycles. The van der Waals surface area contributed by atoms with Crippen LogP contribution in [0.5, 0.6) is 5.75 Å². The van der Waals surface area contributed by atoms with E-state index in [2.05, 4.69) is 0 Å². The number of rotatable bonds is 5. The van der Waals surface area contributed by atoms with E-state index in [-0.39, 0.29) is 11.0 Å². The molecule has 1 aliphatic carbocycles. The second-order valence-electron chi connectivity index (χ2n) is 7.00. The Morgan fingerprint density at radius 2 is 1.56 bits per heavy atom. The summed E-state index contributed by atoms with van der Waals surface area (Å²) in [7, 11) is -2.05. The third-order valence-electron chi connectivity index (χ3n) is 5.18. The van der Waals surface area contributed by atoms with E-state index in [0.717, 1.165) is 29.4 Å². The minimum absolute atomic E-state index is 0.287. The lowest BCUT2D eigenvalue weighted by atomic mass is 10.1. The van der Waals surface area contributed by atoms with Crippen LogP contribution in [0.15, 0.2) is 71.6 Å². The van der Waals surface area contributed by atoms with E-state index in [1.807, 2.05) is 42.5 Å². The molecule has 1 saturated carbocycles. The molecule has 0 radical (unpaired) electrons. The highest BCUT2D eigenvalue weighted by Crippen LogP contribution is 2.28. The zero-order valence-corrected chi connectivity index (χ0v) is 16.2. The number of anilines is 1. The lowest BCUT2D eigenvalue weighted by Crippen LogP contribution is -2.26. The normalized spacial score (nSPS) is 15.1. The first kappa shape index (κ1) is 17.9. The zero-order chi connectivity index (χ0) is 18.9. The van der Waals surface area contributed by atoms with Crippen LogP contribution in [0, 0.1) is 0 Å². The summed E-state index contributed by atoms with van der Waals surface area (Å²) < 4.78 is 33.3. The molecule has 1 aliphatic rings. The monoisotopic (exact) mass is 381 g/mol. The summed E-state index contributed by atoms with van der Waals surface area (Å²) in [5, 5.41) is 1.93. The van der Waals surface area contributed by atoms with Gasteiger partial charge in [0.2, 0.25) is 0 Å². The molecule has 140 valence electrons. The van der Waals surface area contributed by atoms with E-state index < -0.39 is 10.0 Å². The van der Waals surface area contributed by atoms with Crippen LogP contribution in [-0.2, 0) is 10.0 Å². The summed E-state index contributed by atoms with van der Waals surface area (Å²) in [5.74, 6) is 0.794. The van der Waals surface area contributed by atoms with E-state index in [1.165, 1.54) is 17.1 Å². The van der Waals surface area contributed by atoms with Crippen molar-refractivity contribution in [3.05, 3.63) is 66.7 Å². The van der Waals surface area contributed by atoms with Crippen LogP contribution in [0.4, 0.5) is 5.69 Å². The number of benzene rings is 3. The minimum Gasteiger partial charge on any atom is -0.490 e. The highest BCUT2D eigenvalue weighted by molar-refractivity contribution is 7.92. The first-order chi connectivity index (χ1) is 13.0. The van der Waals surface area contributed by atoms with Crippen molar-refractivity contribution in [2.75, 3.05) is 11.4 Å². The molecule has 0 bridgehead atoms. The third-order valence-corrected chi connectivity index (χ3v) is 6.97. The first-order valence-electron chi connectivity index (χ1n) is 9.28. The highest BCUT2D eigenvalue weighted by atomic mass is 32.2. The number of ether oxygens (including phenoxy) is 1. The Morgan fingerprint density at radius 3 is 2.26 bits per heavy atom. The molecular weight excluding hydrogens is 358 g/mol. The number of fused-ring (bicyclic) bond motifs is 1. The van der Waals surface area contributed by atoms with E-state index in [4.69, 9.17) is 4.74 Å². The van der Waals surface area contributed by atoms with Crippen LogP contribution in [-0.4, -0.2) is 21.6 Å². The average Bonchev–Trinajstić information content (AvgIpc) is 3.20. The predicted octanol–water partition coefficient (Wildman–Crippen LogP) is 4.99. The Labute approximate surface area is 160 Å². The van der Waals surface area contributed by atoms with Crippen LogP contribution in [0.1, 0.15) is 25.7 Å². The molecule has 0 N–H and O–H groups in total. The van der Waals surface area contributed by atoms with Gasteiger partial charge in [0, 0.05) is 7.05 Å². The quantitative estimate of drug-likeness (QED) is 0.626. The summed E-state index contributed by atoms with van der Waals surface area (Å²) in [4.78, 5) is 0.287. The Balaban J connectivity index is 1.57. The van der Waals surface area contributed by atoms with Crippen molar-refractivity contribution in [1.82, 2.24) is 0 Å². The molecular formula is C22H23NO3S. The van der Waals surface area contributed by atoms with Crippen molar-refractivity contribution in [2.45, 2.75) is 36.7 Å². The molecule has 0 aliphatic heterocycles.